The van der Waals surface area contributed by atoms with E-state index in [9.17, 15) is 20.1 Å². The Morgan fingerprint density at radius 3 is 2.74 bits per heavy atom. The lowest BCUT2D eigenvalue weighted by Crippen LogP contribution is -2.22. The smallest absolute Gasteiger partial charge is 0.306 e. The quantitative estimate of drug-likeness (QED) is 0.280. The molecule has 2 aliphatic rings. The van der Waals surface area contributed by atoms with E-state index in [2.05, 4.69) is 0 Å². The molecule has 1 aliphatic heterocycles. The van der Waals surface area contributed by atoms with Crippen molar-refractivity contribution in [2.24, 2.45) is 23.7 Å². The van der Waals surface area contributed by atoms with Crippen LogP contribution < -0.4 is 4.74 Å². The van der Waals surface area contributed by atoms with E-state index in [1.54, 1.807) is 6.08 Å². The average Bonchev–Trinajstić information content (AvgIpc) is 2.99. The van der Waals surface area contributed by atoms with Gasteiger partial charge in [0.2, 0.25) is 0 Å². The maximum absolute atomic E-state index is 11.3. The number of rotatable bonds is 13. The van der Waals surface area contributed by atoms with E-state index >= 15 is 0 Å². The van der Waals surface area contributed by atoms with E-state index in [4.69, 9.17) is 9.47 Å². The van der Waals surface area contributed by atoms with Crippen LogP contribution in [0.1, 0.15) is 64.7 Å². The van der Waals surface area contributed by atoms with Crippen molar-refractivity contribution in [3.05, 3.63) is 42.5 Å². The van der Waals surface area contributed by atoms with Crippen molar-refractivity contribution < 1.29 is 29.6 Å². The summed E-state index contributed by atoms with van der Waals surface area (Å²) in [5, 5.41) is 30.3. The number of unbranched alkanes of at least 4 members (excludes halogenated alkanes) is 1. The summed E-state index contributed by atoms with van der Waals surface area (Å²) in [5.41, 5.74) is 0. The molecule has 1 unspecified atom stereocenters. The first-order chi connectivity index (χ1) is 16.5. The predicted octanol–water partition coefficient (Wildman–Crippen LogP) is 4.84. The minimum Gasteiger partial charge on any atom is -0.491 e. The molecule has 0 bridgehead atoms. The summed E-state index contributed by atoms with van der Waals surface area (Å²) in [5.74, 6) is 0.591. The summed E-state index contributed by atoms with van der Waals surface area (Å²) in [6.07, 6.45) is 10.8. The van der Waals surface area contributed by atoms with Crippen molar-refractivity contribution in [1.29, 1.82) is 0 Å². The number of hydrogen-bond donors (Lipinski definition) is 3. The molecule has 2 fully saturated rings. The summed E-state index contributed by atoms with van der Waals surface area (Å²) in [6, 6.07) is 9.42. The number of aliphatic hydroxyl groups excluding tert-OH is 2. The summed E-state index contributed by atoms with van der Waals surface area (Å²) >= 11 is 0. The zero-order valence-corrected chi connectivity index (χ0v) is 20.4. The Balaban J connectivity index is 1.42. The van der Waals surface area contributed by atoms with Crippen molar-refractivity contribution in [3.63, 3.8) is 0 Å². The lowest BCUT2D eigenvalue weighted by molar-refractivity contribution is -0.142. The Morgan fingerprint density at radius 1 is 1.21 bits per heavy atom. The van der Waals surface area contributed by atoms with Gasteiger partial charge in [-0.15, -0.1) is 0 Å². The highest BCUT2D eigenvalue weighted by Crippen LogP contribution is 2.42. The number of carboxylic acids is 1. The molecule has 1 saturated carbocycles. The van der Waals surface area contributed by atoms with Gasteiger partial charge in [-0.05, 0) is 56.1 Å². The molecule has 34 heavy (non-hydrogen) atoms. The fourth-order valence-electron chi connectivity index (χ4n) is 5.52. The molecule has 0 amide bonds. The minimum atomic E-state index is -0.728. The van der Waals surface area contributed by atoms with Crippen LogP contribution in [0.25, 0.3) is 0 Å². The number of aliphatic carboxylic acids is 1. The molecule has 0 aromatic heterocycles. The third kappa shape index (κ3) is 8.10. The number of aliphatic hydroxyl groups is 2. The minimum absolute atomic E-state index is 0.0134. The van der Waals surface area contributed by atoms with Crippen molar-refractivity contribution >= 4 is 5.97 Å². The van der Waals surface area contributed by atoms with Gasteiger partial charge < -0.3 is 24.8 Å². The number of carbonyl (C=O) groups is 1. The molecule has 7 atom stereocenters. The fourth-order valence-corrected chi connectivity index (χ4v) is 5.52. The van der Waals surface area contributed by atoms with Crippen LogP contribution in [0.3, 0.4) is 0 Å². The molecule has 0 radical (unpaired) electrons. The number of fused-ring (bicyclic) bond motifs is 1. The molecular weight excluding hydrogens is 432 g/mol. The van der Waals surface area contributed by atoms with E-state index in [1.807, 2.05) is 43.3 Å². The van der Waals surface area contributed by atoms with Gasteiger partial charge >= 0.3 is 5.97 Å². The van der Waals surface area contributed by atoms with E-state index in [0.29, 0.717) is 12.3 Å². The molecule has 1 aliphatic carbocycles. The largest absolute Gasteiger partial charge is 0.491 e. The van der Waals surface area contributed by atoms with Crippen molar-refractivity contribution in [2.45, 2.75) is 83.0 Å². The molecule has 3 rings (SSSR count). The fraction of sp³-hybridized carbons (Fsp3) is 0.679. The highest BCUT2D eigenvalue weighted by Gasteiger charge is 2.43. The molecule has 1 aromatic carbocycles. The third-order valence-corrected chi connectivity index (χ3v) is 7.47. The molecule has 1 aromatic rings. The summed E-state index contributed by atoms with van der Waals surface area (Å²) in [7, 11) is 0. The number of benzene rings is 1. The number of hydrogen-bond acceptors (Lipinski definition) is 5. The highest BCUT2D eigenvalue weighted by molar-refractivity contribution is 5.69. The van der Waals surface area contributed by atoms with Crippen molar-refractivity contribution in [1.82, 2.24) is 0 Å². The molecule has 6 nitrogen and oxygen atoms in total. The van der Waals surface area contributed by atoms with Gasteiger partial charge in [0.15, 0.2) is 0 Å². The van der Waals surface area contributed by atoms with Gasteiger partial charge in [-0.1, -0.05) is 56.5 Å². The monoisotopic (exact) mass is 474 g/mol. The summed E-state index contributed by atoms with van der Waals surface area (Å²) in [6.45, 7) is 2.93. The van der Waals surface area contributed by atoms with Crippen LogP contribution in [0.2, 0.25) is 0 Å². The van der Waals surface area contributed by atoms with Crippen molar-refractivity contribution in [3.8, 4) is 5.75 Å². The second-order valence-electron chi connectivity index (χ2n) is 10.0. The predicted molar refractivity (Wildman–Crippen MR) is 132 cm³/mol. The summed E-state index contributed by atoms with van der Waals surface area (Å²) in [4.78, 5) is 11.3. The maximum atomic E-state index is 11.3. The molecule has 190 valence electrons. The Hall–Kier alpha value is -1.89. The standard InChI is InChI=1S/C28H42O6/c1-2-8-21(28(31)32)10-7-6-9-20-13-15-25-24(26(30)17-27(25)34-18-20)16-14-22(29)19-33-23-11-4-3-5-12-23/h3-5,11-12,14,16,20-22,24-27,29-30H,2,6-10,13,15,17-19H2,1H3,(H,31,32)/t20-,21?,22+,24+,25+,26+,27-/m0/s1. The van der Waals surface area contributed by atoms with E-state index < -0.39 is 18.2 Å². The van der Waals surface area contributed by atoms with Gasteiger partial charge in [-0.25, -0.2) is 0 Å². The van der Waals surface area contributed by atoms with Crippen LogP contribution in [0.15, 0.2) is 42.5 Å². The topological polar surface area (TPSA) is 96.2 Å². The Morgan fingerprint density at radius 2 is 2.00 bits per heavy atom. The Labute approximate surface area is 204 Å². The molecular formula is C28H42O6. The molecule has 3 N–H and O–H groups in total. The Kier molecular flexibility index (Phi) is 10.9. The van der Waals surface area contributed by atoms with Gasteiger partial charge in [0.05, 0.1) is 18.1 Å². The molecule has 1 heterocycles. The summed E-state index contributed by atoms with van der Waals surface area (Å²) < 4.78 is 11.8. The van der Waals surface area contributed by atoms with Crippen LogP contribution >= 0.6 is 0 Å². The number of para-hydroxylation sites is 1. The second kappa shape index (κ2) is 13.9. The Bertz CT molecular complexity index is 751. The van der Waals surface area contributed by atoms with Gasteiger partial charge in [-0.3, -0.25) is 4.79 Å². The van der Waals surface area contributed by atoms with Crippen LogP contribution in [-0.4, -0.2) is 52.8 Å². The molecule has 6 heteroatoms. The second-order valence-corrected chi connectivity index (χ2v) is 10.0. The van der Waals surface area contributed by atoms with Crippen molar-refractivity contribution in [2.75, 3.05) is 13.2 Å². The SMILES string of the molecule is CCCC(CCCC[C@H]1CC[C@@H]2[C@@H](C=C[C@@H](O)COc3ccccc3)[C@H](O)C[C@@H]2OC1)C(=O)O. The zero-order valence-electron chi connectivity index (χ0n) is 20.4. The number of ether oxygens (including phenoxy) is 2. The van der Waals surface area contributed by atoms with Gasteiger partial charge in [0, 0.05) is 18.9 Å². The van der Waals surface area contributed by atoms with Gasteiger partial charge in [-0.2, -0.15) is 0 Å². The first-order valence-electron chi connectivity index (χ1n) is 13.0. The number of carboxylic acid groups (broad SMARTS) is 1. The molecule has 1 saturated heterocycles. The van der Waals surface area contributed by atoms with Crippen LogP contribution in [0.5, 0.6) is 5.75 Å². The first kappa shape index (κ1) is 26.7. The highest BCUT2D eigenvalue weighted by atomic mass is 16.5. The lowest BCUT2D eigenvalue weighted by atomic mass is 9.86. The maximum Gasteiger partial charge on any atom is 0.306 e. The first-order valence-corrected chi connectivity index (χ1v) is 13.0. The van der Waals surface area contributed by atoms with Crippen LogP contribution in [-0.2, 0) is 9.53 Å². The normalized spacial score (nSPS) is 28.9. The van der Waals surface area contributed by atoms with Gasteiger partial charge in [0.1, 0.15) is 18.5 Å². The van der Waals surface area contributed by atoms with E-state index in [0.717, 1.165) is 63.7 Å². The molecule has 0 spiro atoms. The van der Waals surface area contributed by atoms with Crippen LogP contribution in [0.4, 0.5) is 0 Å². The van der Waals surface area contributed by atoms with E-state index in [-0.39, 0.29) is 30.5 Å². The van der Waals surface area contributed by atoms with Crippen LogP contribution in [0, 0.1) is 23.7 Å². The van der Waals surface area contributed by atoms with Gasteiger partial charge in [0.25, 0.3) is 0 Å². The van der Waals surface area contributed by atoms with E-state index in [1.165, 1.54) is 0 Å². The zero-order chi connectivity index (χ0) is 24.3. The lowest BCUT2D eigenvalue weighted by Gasteiger charge is -2.21. The third-order valence-electron chi connectivity index (χ3n) is 7.47. The average molecular weight is 475 g/mol.